The standard InChI is InChI=1S/C13H25NO2/c1-4-11(2)5-8-14-9-6-12(7-10-14)13(15)16-3/h11-12H,4-10H2,1-3H3/t11-/m0/s1. The van der Waals surface area contributed by atoms with Gasteiger partial charge in [0.15, 0.2) is 0 Å². The van der Waals surface area contributed by atoms with E-state index in [9.17, 15) is 4.79 Å². The van der Waals surface area contributed by atoms with Crippen LogP contribution in [0.4, 0.5) is 0 Å². The molecule has 0 bridgehead atoms. The molecule has 0 aromatic rings. The van der Waals surface area contributed by atoms with Crippen LogP contribution in [-0.2, 0) is 9.53 Å². The highest BCUT2D eigenvalue weighted by Crippen LogP contribution is 2.19. The largest absolute Gasteiger partial charge is 0.469 e. The fourth-order valence-electron chi connectivity index (χ4n) is 2.17. The van der Waals surface area contributed by atoms with Crippen molar-refractivity contribution in [2.24, 2.45) is 11.8 Å². The van der Waals surface area contributed by atoms with E-state index >= 15 is 0 Å². The van der Waals surface area contributed by atoms with Crippen molar-refractivity contribution in [2.45, 2.75) is 39.5 Å². The molecule has 0 spiro atoms. The molecule has 1 rings (SSSR count). The first-order chi connectivity index (χ1) is 7.67. The summed E-state index contributed by atoms with van der Waals surface area (Å²) in [6.07, 6.45) is 4.47. The van der Waals surface area contributed by atoms with Gasteiger partial charge in [0.25, 0.3) is 0 Å². The molecule has 1 fully saturated rings. The third-order valence-electron chi connectivity index (χ3n) is 3.76. The maximum absolute atomic E-state index is 11.3. The number of piperidine rings is 1. The van der Waals surface area contributed by atoms with E-state index in [1.165, 1.54) is 26.5 Å². The minimum Gasteiger partial charge on any atom is -0.469 e. The summed E-state index contributed by atoms with van der Waals surface area (Å²) in [5, 5.41) is 0. The molecule has 1 heterocycles. The topological polar surface area (TPSA) is 29.5 Å². The van der Waals surface area contributed by atoms with Gasteiger partial charge in [0.05, 0.1) is 13.0 Å². The number of nitrogens with zero attached hydrogens (tertiary/aromatic N) is 1. The van der Waals surface area contributed by atoms with Gasteiger partial charge >= 0.3 is 5.97 Å². The second-order valence-corrected chi connectivity index (χ2v) is 4.94. The molecule has 0 unspecified atom stereocenters. The van der Waals surface area contributed by atoms with Crippen molar-refractivity contribution >= 4 is 5.97 Å². The number of ether oxygens (including phenoxy) is 1. The fraction of sp³-hybridized carbons (Fsp3) is 0.923. The molecule has 16 heavy (non-hydrogen) atoms. The fourth-order valence-corrected chi connectivity index (χ4v) is 2.17. The Morgan fingerprint density at radius 3 is 2.56 bits per heavy atom. The van der Waals surface area contributed by atoms with Gasteiger partial charge in [-0.15, -0.1) is 0 Å². The lowest BCUT2D eigenvalue weighted by Crippen LogP contribution is -2.37. The quantitative estimate of drug-likeness (QED) is 0.675. The summed E-state index contributed by atoms with van der Waals surface area (Å²) in [5.41, 5.74) is 0. The van der Waals surface area contributed by atoms with Crippen LogP contribution in [0.15, 0.2) is 0 Å². The Morgan fingerprint density at radius 1 is 1.44 bits per heavy atom. The summed E-state index contributed by atoms with van der Waals surface area (Å²) in [6, 6.07) is 0. The first-order valence-electron chi connectivity index (χ1n) is 6.47. The Morgan fingerprint density at radius 2 is 2.06 bits per heavy atom. The van der Waals surface area contributed by atoms with Crippen molar-refractivity contribution < 1.29 is 9.53 Å². The van der Waals surface area contributed by atoms with E-state index in [0.717, 1.165) is 31.8 Å². The summed E-state index contributed by atoms with van der Waals surface area (Å²) in [7, 11) is 1.48. The predicted molar refractivity (Wildman–Crippen MR) is 65.3 cm³/mol. The van der Waals surface area contributed by atoms with Gasteiger partial charge in [0.2, 0.25) is 0 Å². The van der Waals surface area contributed by atoms with E-state index in [0.29, 0.717) is 0 Å². The zero-order valence-corrected chi connectivity index (χ0v) is 10.9. The highest BCUT2D eigenvalue weighted by atomic mass is 16.5. The maximum Gasteiger partial charge on any atom is 0.308 e. The number of hydrogen-bond donors (Lipinski definition) is 0. The Labute approximate surface area is 99.1 Å². The van der Waals surface area contributed by atoms with Gasteiger partial charge < -0.3 is 9.64 Å². The highest BCUT2D eigenvalue weighted by Gasteiger charge is 2.25. The summed E-state index contributed by atoms with van der Waals surface area (Å²) >= 11 is 0. The van der Waals surface area contributed by atoms with E-state index in [2.05, 4.69) is 18.7 Å². The first-order valence-corrected chi connectivity index (χ1v) is 6.47. The Balaban J connectivity index is 2.19. The van der Waals surface area contributed by atoms with Crippen LogP contribution in [0.2, 0.25) is 0 Å². The van der Waals surface area contributed by atoms with Gasteiger partial charge in [-0.25, -0.2) is 0 Å². The van der Waals surface area contributed by atoms with Crippen LogP contribution in [0.5, 0.6) is 0 Å². The van der Waals surface area contributed by atoms with E-state index < -0.39 is 0 Å². The van der Waals surface area contributed by atoms with Crippen molar-refractivity contribution in [3.05, 3.63) is 0 Å². The second-order valence-electron chi connectivity index (χ2n) is 4.94. The van der Waals surface area contributed by atoms with Crippen LogP contribution in [0.25, 0.3) is 0 Å². The number of carbonyl (C=O) groups excluding carboxylic acids is 1. The van der Waals surface area contributed by atoms with E-state index in [-0.39, 0.29) is 11.9 Å². The van der Waals surface area contributed by atoms with Crippen molar-refractivity contribution in [1.29, 1.82) is 0 Å². The Bertz CT molecular complexity index is 210. The van der Waals surface area contributed by atoms with E-state index in [4.69, 9.17) is 4.74 Å². The summed E-state index contributed by atoms with van der Waals surface area (Å²) in [5.74, 6) is 0.935. The number of methoxy groups -OCH3 is 1. The average Bonchev–Trinajstić information content (AvgIpc) is 2.35. The molecule has 1 saturated heterocycles. The van der Waals surface area contributed by atoms with Gasteiger partial charge in [-0.1, -0.05) is 20.3 Å². The minimum atomic E-state index is -0.0263. The molecule has 1 atom stereocenters. The molecule has 0 radical (unpaired) electrons. The van der Waals surface area contributed by atoms with Crippen LogP contribution in [-0.4, -0.2) is 37.6 Å². The van der Waals surface area contributed by atoms with Crippen LogP contribution < -0.4 is 0 Å². The number of rotatable bonds is 5. The lowest BCUT2D eigenvalue weighted by Gasteiger charge is -2.31. The normalized spacial score (nSPS) is 20.7. The van der Waals surface area contributed by atoms with Gasteiger partial charge in [0, 0.05) is 0 Å². The smallest absolute Gasteiger partial charge is 0.308 e. The average molecular weight is 227 g/mol. The Kier molecular flexibility index (Phi) is 5.81. The molecule has 1 aliphatic rings. The highest BCUT2D eigenvalue weighted by molar-refractivity contribution is 5.72. The summed E-state index contributed by atoms with van der Waals surface area (Å²) in [6.45, 7) is 7.84. The maximum atomic E-state index is 11.3. The molecule has 0 amide bonds. The molecule has 0 aliphatic carbocycles. The van der Waals surface area contributed by atoms with Gasteiger partial charge in [0.1, 0.15) is 0 Å². The molecular weight excluding hydrogens is 202 g/mol. The molecule has 94 valence electrons. The van der Waals surface area contributed by atoms with E-state index in [1.807, 2.05) is 0 Å². The second kappa shape index (κ2) is 6.89. The number of hydrogen-bond acceptors (Lipinski definition) is 3. The predicted octanol–water partition coefficient (Wildman–Crippen LogP) is 2.31. The van der Waals surface area contributed by atoms with Crippen molar-refractivity contribution in [2.75, 3.05) is 26.7 Å². The summed E-state index contributed by atoms with van der Waals surface area (Å²) in [4.78, 5) is 13.8. The number of esters is 1. The molecule has 0 aromatic heterocycles. The van der Waals surface area contributed by atoms with Crippen LogP contribution >= 0.6 is 0 Å². The molecular formula is C13H25NO2. The zero-order chi connectivity index (χ0) is 12.0. The van der Waals surface area contributed by atoms with Gasteiger partial charge in [-0.3, -0.25) is 4.79 Å². The van der Waals surface area contributed by atoms with E-state index in [1.54, 1.807) is 0 Å². The monoisotopic (exact) mass is 227 g/mol. The molecule has 0 aromatic carbocycles. The summed E-state index contributed by atoms with van der Waals surface area (Å²) < 4.78 is 4.78. The lowest BCUT2D eigenvalue weighted by atomic mass is 9.96. The van der Waals surface area contributed by atoms with Crippen molar-refractivity contribution in [3.8, 4) is 0 Å². The lowest BCUT2D eigenvalue weighted by molar-refractivity contribution is -0.147. The van der Waals surface area contributed by atoms with Gasteiger partial charge in [-0.2, -0.15) is 0 Å². The first kappa shape index (κ1) is 13.5. The van der Waals surface area contributed by atoms with Gasteiger partial charge in [-0.05, 0) is 44.8 Å². The van der Waals surface area contributed by atoms with Crippen LogP contribution in [0.1, 0.15) is 39.5 Å². The third-order valence-corrected chi connectivity index (χ3v) is 3.76. The van der Waals surface area contributed by atoms with Crippen molar-refractivity contribution in [1.82, 2.24) is 4.90 Å². The third kappa shape index (κ3) is 4.12. The number of carbonyl (C=O) groups is 1. The minimum absolute atomic E-state index is 0.0263. The molecule has 3 heteroatoms. The Hall–Kier alpha value is -0.570. The number of likely N-dealkylation sites (tertiary alicyclic amines) is 1. The zero-order valence-electron chi connectivity index (χ0n) is 10.9. The molecule has 0 saturated carbocycles. The SMILES string of the molecule is CC[C@H](C)CCN1CCC(C(=O)OC)CC1. The van der Waals surface area contributed by atoms with Crippen LogP contribution in [0, 0.1) is 11.8 Å². The van der Waals surface area contributed by atoms with Crippen LogP contribution in [0.3, 0.4) is 0 Å². The molecule has 0 N–H and O–H groups in total. The van der Waals surface area contributed by atoms with Crippen molar-refractivity contribution in [3.63, 3.8) is 0 Å². The molecule has 3 nitrogen and oxygen atoms in total. The molecule has 1 aliphatic heterocycles.